The van der Waals surface area contributed by atoms with Gasteiger partial charge >= 0.3 is 0 Å². The van der Waals surface area contributed by atoms with E-state index >= 15 is 0 Å². The molecule has 2 aliphatic rings. The third-order valence-corrected chi connectivity index (χ3v) is 8.49. The van der Waals surface area contributed by atoms with Crippen molar-refractivity contribution in [2.24, 2.45) is 0 Å². The van der Waals surface area contributed by atoms with Crippen LogP contribution in [0.1, 0.15) is 37.1 Å². The number of para-hydroxylation sites is 2. The molecule has 180 valence electrons. The lowest BCUT2D eigenvalue weighted by Gasteiger charge is -2.35. The van der Waals surface area contributed by atoms with Crippen LogP contribution in [0.15, 0.2) is 34.2 Å². The summed E-state index contributed by atoms with van der Waals surface area (Å²) in [5.41, 5.74) is 1.71. The van der Waals surface area contributed by atoms with Gasteiger partial charge < -0.3 is 14.4 Å². The summed E-state index contributed by atoms with van der Waals surface area (Å²) in [7, 11) is 1.60. The van der Waals surface area contributed by atoms with Gasteiger partial charge in [-0.05, 0) is 57.2 Å². The maximum absolute atomic E-state index is 13.9. The number of fused-ring (bicyclic) bond motifs is 3. The van der Waals surface area contributed by atoms with Gasteiger partial charge in [0.05, 0.1) is 36.1 Å². The van der Waals surface area contributed by atoms with Gasteiger partial charge in [-0.3, -0.25) is 14.2 Å². The second kappa shape index (κ2) is 9.71. The summed E-state index contributed by atoms with van der Waals surface area (Å²) in [4.78, 5) is 35.8. The Bertz CT molecular complexity index is 1280. The van der Waals surface area contributed by atoms with Crippen LogP contribution in [0.4, 0.5) is 0 Å². The molecule has 1 saturated heterocycles. The zero-order valence-electron chi connectivity index (χ0n) is 19.7. The average Bonchev–Trinajstić information content (AvgIpc) is 3.20. The summed E-state index contributed by atoms with van der Waals surface area (Å²) in [5.74, 6) is 0.828. The second-order valence-corrected chi connectivity index (χ2v) is 11.0. The molecule has 34 heavy (non-hydrogen) atoms. The van der Waals surface area contributed by atoms with Crippen molar-refractivity contribution in [1.29, 1.82) is 0 Å². The summed E-state index contributed by atoms with van der Waals surface area (Å²) >= 11 is 2.94. The minimum atomic E-state index is -0.0857. The summed E-state index contributed by atoms with van der Waals surface area (Å²) in [6, 6.07) is 7.46. The number of carbonyl (C=O) groups excluding carboxylic acids is 1. The molecule has 7 nitrogen and oxygen atoms in total. The fourth-order valence-electron chi connectivity index (χ4n) is 4.91. The van der Waals surface area contributed by atoms with Crippen LogP contribution in [0.5, 0.6) is 5.75 Å². The van der Waals surface area contributed by atoms with Gasteiger partial charge in [-0.2, -0.15) is 0 Å². The third kappa shape index (κ3) is 4.36. The first-order valence-corrected chi connectivity index (χ1v) is 13.5. The predicted molar refractivity (Wildman–Crippen MR) is 136 cm³/mol. The van der Waals surface area contributed by atoms with Gasteiger partial charge in [0.2, 0.25) is 5.91 Å². The number of hydrogen-bond donors (Lipinski definition) is 0. The number of aryl methyl sites for hydroxylation is 2. The number of rotatable bonds is 5. The average molecular weight is 500 g/mol. The fourth-order valence-corrected chi connectivity index (χ4v) is 7.12. The molecule has 1 aliphatic heterocycles. The second-order valence-electron chi connectivity index (χ2n) is 8.94. The largest absolute Gasteiger partial charge is 0.495 e. The zero-order valence-corrected chi connectivity index (χ0v) is 21.3. The number of methoxy groups -OCH3 is 1. The van der Waals surface area contributed by atoms with Crippen LogP contribution in [0.3, 0.4) is 0 Å². The van der Waals surface area contributed by atoms with Crippen molar-refractivity contribution in [1.82, 2.24) is 14.5 Å². The van der Waals surface area contributed by atoms with Crippen molar-refractivity contribution < 1.29 is 14.3 Å². The van der Waals surface area contributed by atoms with E-state index in [1.807, 2.05) is 43.0 Å². The number of thioether (sulfide) groups is 1. The van der Waals surface area contributed by atoms with Crippen molar-refractivity contribution >= 4 is 39.2 Å². The highest BCUT2D eigenvalue weighted by atomic mass is 32.2. The highest BCUT2D eigenvalue weighted by molar-refractivity contribution is 7.99. The van der Waals surface area contributed by atoms with Crippen LogP contribution < -0.4 is 10.3 Å². The minimum absolute atomic E-state index is 0.0105. The number of aromatic nitrogens is 2. The van der Waals surface area contributed by atoms with Crippen LogP contribution in [0, 0.1) is 0 Å². The first-order valence-electron chi connectivity index (χ1n) is 11.7. The first-order chi connectivity index (χ1) is 16.5. The van der Waals surface area contributed by atoms with Gasteiger partial charge in [0, 0.05) is 18.0 Å². The van der Waals surface area contributed by atoms with Crippen molar-refractivity contribution in [3.8, 4) is 11.4 Å². The van der Waals surface area contributed by atoms with Gasteiger partial charge in [-0.1, -0.05) is 23.9 Å². The first kappa shape index (κ1) is 23.4. The van der Waals surface area contributed by atoms with Gasteiger partial charge in [0.1, 0.15) is 10.6 Å². The third-order valence-electron chi connectivity index (χ3n) is 6.38. The fraction of sp³-hybridized carbons (Fsp3) is 0.480. The molecular weight excluding hydrogens is 470 g/mol. The molecule has 0 radical (unpaired) electrons. The molecule has 0 spiro atoms. The molecule has 2 aromatic heterocycles. The Balaban J connectivity index is 1.56. The van der Waals surface area contributed by atoms with Crippen LogP contribution >= 0.6 is 23.1 Å². The van der Waals surface area contributed by atoms with E-state index in [1.165, 1.54) is 16.6 Å². The number of amides is 1. The van der Waals surface area contributed by atoms with Crippen molar-refractivity contribution in [2.45, 2.75) is 56.9 Å². The minimum Gasteiger partial charge on any atom is -0.495 e. The monoisotopic (exact) mass is 499 g/mol. The van der Waals surface area contributed by atoms with Crippen LogP contribution in [0.2, 0.25) is 0 Å². The molecular formula is C25H29N3O4S2. The quantitative estimate of drug-likeness (QED) is 0.389. The number of nitrogens with zero attached hydrogens (tertiary/aromatic N) is 3. The lowest BCUT2D eigenvalue weighted by molar-refractivity contribution is -0.140. The molecule has 0 bridgehead atoms. The van der Waals surface area contributed by atoms with Crippen LogP contribution in [-0.4, -0.2) is 58.5 Å². The summed E-state index contributed by atoms with van der Waals surface area (Å²) in [6.07, 6.45) is 4.17. The normalized spacial score (nSPS) is 20.4. The van der Waals surface area contributed by atoms with Crippen molar-refractivity contribution in [3.63, 3.8) is 0 Å². The molecule has 9 heteroatoms. The molecule has 0 unspecified atom stereocenters. The van der Waals surface area contributed by atoms with Gasteiger partial charge in [-0.15, -0.1) is 11.3 Å². The van der Waals surface area contributed by atoms with Crippen molar-refractivity contribution in [3.05, 3.63) is 45.1 Å². The van der Waals surface area contributed by atoms with E-state index in [0.29, 0.717) is 29.7 Å². The van der Waals surface area contributed by atoms with E-state index in [0.717, 1.165) is 41.5 Å². The Morgan fingerprint density at radius 1 is 1.21 bits per heavy atom. The molecule has 1 aliphatic carbocycles. The lowest BCUT2D eigenvalue weighted by Crippen LogP contribution is -2.48. The zero-order chi connectivity index (χ0) is 23.8. The van der Waals surface area contributed by atoms with Gasteiger partial charge in [0.25, 0.3) is 5.56 Å². The van der Waals surface area contributed by atoms with E-state index < -0.39 is 0 Å². The molecule has 5 rings (SSSR count). The van der Waals surface area contributed by atoms with Crippen LogP contribution in [0.25, 0.3) is 15.9 Å². The Kier molecular flexibility index (Phi) is 6.68. The Hall–Kier alpha value is -2.36. The van der Waals surface area contributed by atoms with E-state index in [1.54, 1.807) is 23.0 Å². The summed E-state index contributed by atoms with van der Waals surface area (Å²) in [6.45, 7) is 5.12. The Morgan fingerprint density at radius 3 is 2.71 bits per heavy atom. The molecule has 1 amide bonds. The number of carbonyl (C=O) groups is 1. The molecule has 2 atom stereocenters. The Labute approximate surface area is 207 Å². The van der Waals surface area contributed by atoms with Crippen molar-refractivity contribution in [2.75, 3.05) is 26.0 Å². The van der Waals surface area contributed by atoms with E-state index in [-0.39, 0.29) is 29.4 Å². The van der Waals surface area contributed by atoms with E-state index in [2.05, 4.69) is 0 Å². The molecule has 3 aromatic rings. The number of thiophene rings is 1. The highest BCUT2D eigenvalue weighted by Crippen LogP contribution is 2.36. The predicted octanol–water partition coefficient (Wildman–Crippen LogP) is 4.06. The standard InChI is InChI=1S/C25H29N3O4S2/c1-15-12-27(13-16(2)32-15)21(29)14-33-25-26-23-22(17-8-4-7-11-20(17)34-23)24(30)28(25)18-9-5-6-10-19(18)31-3/h5-6,9-10,15-16H,4,7-8,11-14H2,1-3H3/t15-,16-/m1/s1. The lowest BCUT2D eigenvalue weighted by atomic mass is 9.97. The molecule has 0 N–H and O–H groups in total. The number of benzene rings is 1. The SMILES string of the molecule is COc1ccccc1-n1c(SCC(=O)N2C[C@@H](C)O[C@H](C)C2)nc2sc3c(c2c1=O)CCCC3. The molecule has 1 fully saturated rings. The number of morpholine rings is 1. The number of ether oxygens (including phenoxy) is 2. The maximum Gasteiger partial charge on any atom is 0.267 e. The highest BCUT2D eigenvalue weighted by Gasteiger charge is 2.28. The summed E-state index contributed by atoms with van der Waals surface area (Å²) < 4.78 is 13.0. The van der Waals surface area contributed by atoms with E-state index in [4.69, 9.17) is 14.5 Å². The maximum atomic E-state index is 13.9. The smallest absolute Gasteiger partial charge is 0.267 e. The van der Waals surface area contributed by atoms with E-state index in [9.17, 15) is 9.59 Å². The topological polar surface area (TPSA) is 73.7 Å². The van der Waals surface area contributed by atoms with Gasteiger partial charge in [0.15, 0.2) is 5.16 Å². The van der Waals surface area contributed by atoms with Gasteiger partial charge in [-0.25, -0.2) is 4.98 Å². The molecule has 1 aromatic carbocycles. The molecule has 3 heterocycles. The van der Waals surface area contributed by atoms with Crippen LogP contribution in [-0.2, 0) is 22.4 Å². The summed E-state index contributed by atoms with van der Waals surface area (Å²) in [5, 5.41) is 1.24. The Morgan fingerprint density at radius 2 is 1.94 bits per heavy atom. The molecule has 0 saturated carbocycles. The number of hydrogen-bond acceptors (Lipinski definition) is 7.